The molecule has 0 bridgehead atoms. The van der Waals surface area contributed by atoms with Gasteiger partial charge in [-0.25, -0.2) is 4.39 Å². The van der Waals surface area contributed by atoms with Crippen molar-refractivity contribution in [3.63, 3.8) is 0 Å². The molecule has 5 rings (SSSR count). The molecule has 3 fully saturated rings. The van der Waals surface area contributed by atoms with Crippen molar-refractivity contribution in [3.8, 4) is 11.3 Å². The minimum Gasteiger partial charge on any atom is -0.349 e. The fourth-order valence-corrected chi connectivity index (χ4v) is 5.00. The van der Waals surface area contributed by atoms with E-state index in [4.69, 9.17) is 0 Å². The second-order valence-corrected chi connectivity index (χ2v) is 8.98. The maximum absolute atomic E-state index is 13.4. The molecular weight excluding hydrogens is 381 g/mol. The first-order chi connectivity index (χ1) is 14.6. The van der Waals surface area contributed by atoms with Gasteiger partial charge in [-0.1, -0.05) is 18.6 Å². The second kappa shape index (κ2) is 7.82. The van der Waals surface area contributed by atoms with E-state index < -0.39 is 0 Å². The number of pyridine rings is 1. The van der Waals surface area contributed by atoms with E-state index in [0.29, 0.717) is 23.2 Å². The third-order valence-electron chi connectivity index (χ3n) is 6.80. The zero-order valence-corrected chi connectivity index (χ0v) is 16.9. The number of hydrogen-bond acceptors (Lipinski definition) is 3. The maximum atomic E-state index is 13.4. The van der Waals surface area contributed by atoms with Gasteiger partial charge in [0.25, 0.3) is 5.91 Å². The van der Waals surface area contributed by atoms with Crippen LogP contribution in [0, 0.1) is 23.6 Å². The molecular formula is C24H26FN3O2. The van der Waals surface area contributed by atoms with Gasteiger partial charge in [-0.3, -0.25) is 14.6 Å². The van der Waals surface area contributed by atoms with Crippen molar-refractivity contribution in [2.45, 2.75) is 38.1 Å². The Hall–Kier alpha value is -2.76. The number of aromatic nitrogens is 1. The Morgan fingerprint density at radius 2 is 1.90 bits per heavy atom. The average Bonchev–Trinajstić information content (AvgIpc) is 3.38. The molecule has 30 heavy (non-hydrogen) atoms. The van der Waals surface area contributed by atoms with E-state index in [1.807, 2.05) is 4.90 Å². The molecule has 6 heteroatoms. The molecule has 3 aliphatic rings. The van der Waals surface area contributed by atoms with Gasteiger partial charge in [0, 0.05) is 36.8 Å². The molecule has 0 spiro atoms. The standard InChI is InChI=1S/C24H26FN3O2/c25-20-5-1-3-15(10-20)22-8-7-17(12-26-22)23(29)27-21-6-2-4-16(11-21)24(30)28-13-18-9-19(18)14-28/h1,3,5,7-8,10,12,16,18-19,21H,2,4,6,9,11,13-14H2,(H,27,29)/t16-,18?,19?,21?/m0/s1. The molecule has 4 atom stereocenters. The van der Waals surface area contributed by atoms with Crippen LogP contribution in [0.3, 0.4) is 0 Å². The van der Waals surface area contributed by atoms with E-state index in [9.17, 15) is 14.0 Å². The van der Waals surface area contributed by atoms with Crippen LogP contribution < -0.4 is 5.32 Å². The van der Waals surface area contributed by atoms with Gasteiger partial charge in [0.15, 0.2) is 0 Å². The third kappa shape index (κ3) is 3.95. The van der Waals surface area contributed by atoms with E-state index in [-0.39, 0.29) is 29.6 Å². The number of carbonyl (C=O) groups excluding carboxylic acids is 2. The maximum Gasteiger partial charge on any atom is 0.253 e. The van der Waals surface area contributed by atoms with E-state index in [0.717, 1.165) is 44.2 Å². The number of benzene rings is 1. The van der Waals surface area contributed by atoms with Crippen LogP contribution in [-0.2, 0) is 4.79 Å². The molecule has 5 nitrogen and oxygen atoms in total. The Morgan fingerprint density at radius 3 is 2.63 bits per heavy atom. The van der Waals surface area contributed by atoms with Crippen molar-refractivity contribution in [2.75, 3.05) is 13.1 Å². The zero-order chi connectivity index (χ0) is 20.7. The molecule has 2 amide bonds. The first kappa shape index (κ1) is 19.2. The predicted molar refractivity (Wildman–Crippen MR) is 111 cm³/mol. The van der Waals surface area contributed by atoms with Gasteiger partial charge < -0.3 is 10.2 Å². The van der Waals surface area contributed by atoms with Gasteiger partial charge in [-0.2, -0.15) is 0 Å². The summed E-state index contributed by atoms with van der Waals surface area (Å²) in [6, 6.07) is 9.69. The Morgan fingerprint density at radius 1 is 1.07 bits per heavy atom. The summed E-state index contributed by atoms with van der Waals surface area (Å²) in [4.78, 5) is 31.9. The molecule has 3 unspecified atom stereocenters. The molecule has 1 aromatic carbocycles. The fraction of sp³-hybridized carbons (Fsp3) is 0.458. The number of amides is 2. The third-order valence-corrected chi connectivity index (χ3v) is 6.80. The number of likely N-dealkylation sites (tertiary alicyclic amines) is 1. The summed E-state index contributed by atoms with van der Waals surface area (Å²) in [6.07, 6.45) is 6.30. The van der Waals surface area contributed by atoms with Crippen LogP contribution in [0.15, 0.2) is 42.6 Å². The van der Waals surface area contributed by atoms with Crippen LogP contribution in [0.4, 0.5) is 4.39 Å². The quantitative estimate of drug-likeness (QED) is 0.842. The summed E-state index contributed by atoms with van der Waals surface area (Å²) in [5, 5.41) is 3.09. The lowest BCUT2D eigenvalue weighted by atomic mass is 9.84. The van der Waals surface area contributed by atoms with Gasteiger partial charge in [0.2, 0.25) is 5.91 Å². The number of piperidine rings is 1. The van der Waals surface area contributed by atoms with Crippen LogP contribution in [0.2, 0.25) is 0 Å². The number of hydrogen-bond donors (Lipinski definition) is 1. The highest BCUT2D eigenvalue weighted by atomic mass is 19.1. The normalized spacial score (nSPS) is 27.4. The van der Waals surface area contributed by atoms with Crippen molar-refractivity contribution in [3.05, 3.63) is 54.0 Å². The monoisotopic (exact) mass is 407 g/mol. The van der Waals surface area contributed by atoms with E-state index in [2.05, 4.69) is 10.3 Å². The summed E-state index contributed by atoms with van der Waals surface area (Å²) < 4.78 is 13.4. The number of nitrogens with zero attached hydrogens (tertiary/aromatic N) is 2. The number of halogens is 1. The van der Waals surface area contributed by atoms with Crippen molar-refractivity contribution in [2.24, 2.45) is 17.8 Å². The smallest absolute Gasteiger partial charge is 0.253 e. The highest BCUT2D eigenvalue weighted by Crippen LogP contribution is 2.45. The number of fused-ring (bicyclic) bond motifs is 1. The first-order valence-electron chi connectivity index (χ1n) is 10.9. The SMILES string of the molecule is O=C(NC1CCC[C@H](C(=O)N2CC3CC3C2)C1)c1ccc(-c2cccc(F)c2)nc1. The topological polar surface area (TPSA) is 62.3 Å². The molecule has 0 radical (unpaired) electrons. The van der Waals surface area contributed by atoms with Gasteiger partial charge in [0.05, 0.1) is 11.3 Å². The summed E-state index contributed by atoms with van der Waals surface area (Å²) in [7, 11) is 0. The highest BCUT2D eigenvalue weighted by Gasteiger charge is 2.47. The fourth-order valence-electron chi connectivity index (χ4n) is 5.00. The summed E-state index contributed by atoms with van der Waals surface area (Å²) in [5.74, 6) is 1.31. The Balaban J connectivity index is 1.19. The zero-order valence-electron chi connectivity index (χ0n) is 16.9. The highest BCUT2D eigenvalue weighted by molar-refractivity contribution is 5.94. The van der Waals surface area contributed by atoms with Crippen LogP contribution in [0.1, 0.15) is 42.5 Å². The molecule has 1 aromatic heterocycles. The second-order valence-electron chi connectivity index (χ2n) is 8.98. The molecule has 2 heterocycles. The molecule has 1 aliphatic heterocycles. The van der Waals surface area contributed by atoms with Gasteiger partial charge in [-0.15, -0.1) is 0 Å². The summed E-state index contributed by atoms with van der Waals surface area (Å²) in [5.41, 5.74) is 1.77. The van der Waals surface area contributed by atoms with Crippen LogP contribution in [-0.4, -0.2) is 40.8 Å². The summed E-state index contributed by atoms with van der Waals surface area (Å²) >= 11 is 0. The van der Waals surface area contributed by atoms with Crippen LogP contribution in [0.25, 0.3) is 11.3 Å². The minimum atomic E-state index is -0.316. The van der Waals surface area contributed by atoms with Crippen molar-refractivity contribution < 1.29 is 14.0 Å². The Bertz CT molecular complexity index is 951. The van der Waals surface area contributed by atoms with Gasteiger partial charge in [0.1, 0.15) is 5.82 Å². The minimum absolute atomic E-state index is 0.0141. The summed E-state index contributed by atoms with van der Waals surface area (Å²) in [6.45, 7) is 1.86. The van der Waals surface area contributed by atoms with Gasteiger partial charge in [-0.05, 0) is 61.8 Å². The molecule has 156 valence electrons. The van der Waals surface area contributed by atoms with E-state index >= 15 is 0 Å². The first-order valence-corrected chi connectivity index (χ1v) is 10.9. The molecule has 1 N–H and O–H groups in total. The predicted octanol–water partition coefficient (Wildman–Crippen LogP) is 3.65. The van der Waals surface area contributed by atoms with E-state index in [1.165, 1.54) is 24.8 Å². The lowest BCUT2D eigenvalue weighted by Gasteiger charge is -2.32. The Labute approximate surface area is 175 Å². The van der Waals surface area contributed by atoms with Crippen molar-refractivity contribution in [1.29, 1.82) is 0 Å². The lowest BCUT2D eigenvalue weighted by Crippen LogP contribution is -2.43. The number of nitrogens with one attached hydrogen (secondary N) is 1. The number of rotatable bonds is 4. The molecule has 2 aliphatic carbocycles. The average molecular weight is 407 g/mol. The largest absolute Gasteiger partial charge is 0.349 e. The van der Waals surface area contributed by atoms with Gasteiger partial charge >= 0.3 is 0 Å². The van der Waals surface area contributed by atoms with E-state index in [1.54, 1.807) is 24.3 Å². The van der Waals surface area contributed by atoms with Crippen LogP contribution >= 0.6 is 0 Å². The lowest BCUT2D eigenvalue weighted by molar-refractivity contribution is -0.136. The van der Waals surface area contributed by atoms with Crippen LogP contribution in [0.5, 0.6) is 0 Å². The van der Waals surface area contributed by atoms with Crippen molar-refractivity contribution in [1.82, 2.24) is 15.2 Å². The Kier molecular flexibility index (Phi) is 5.01. The molecule has 1 saturated heterocycles. The molecule has 2 saturated carbocycles. The number of carbonyl (C=O) groups is 2. The van der Waals surface area contributed by atoms with Crippen molar-refractivity contribution >= 4 is 11.8 Å². The molecule has 2 aromatic rings.